The molecule has 170 valence electrons. The monoisotopic (exact) mass is 476 g/mol. The molecule has 3 rings (SSSR count). The zero-order valence-electron chi connectivity index (χ0n) is 18.2. The summed E-state index contributed by atoms with van der Waals surface area (Å²) in [5, 5.41) is 12.5. The predicted octanol–water partition coefficient (Wildman–Crippen LogP) is 5.13. The van der Waals surface area contributed by atoms with Gasteiger partial charge in [0, 0.05) is 25.8 Å². The number of carbonyl (C=O) groups is 1. The summed E-state index contributed by atoms with van der Waals surface area (Å²) < 4.78 is 20.3. The highest BCUT2D eigenvalue weighted by Gasteiger charge is 2.23. The topological polar surface area (TPSA) is 69.0 Å². The second kappa shape index (κ2) is 11.4. The van der Waals surface area contributed by atoms with Gasteiger partial charge in [-0.2, -0.15) is 0 Å². The summed E-state index contributed by atoms with van der Waals surface area (Å²) in [6.45, 7) is 4.91. The average Bonchev–Trinajstić information content (AvgIpc) is 3.16. The zero-order chi connectivity index (χ0) is 23.1. The third-order valence-corrected chi connectivity index (χ3v) is 6.35. The molecule has 2 unspecified atom stereocenters. The molecular weight excluding hydrogens is 451 g/mol. The summed E-state index contributed by atoms with van der Waals surface area (Å²) in [6, 6.07) is 13.3. The van der Waals surface area contributed by atoms with Crippen molar-refractivity contribution < 1.29 is 13.9 Å². The van der Waals surface area contributed by atoms with Crippen molar-refractivity contribution in [2.45, 2.75) is 43.3 Å². The number of nitrogens with zero attached hydrogens (tertiary/aromatic N) is 3. The van der Waals surface area contributed by atoms with Crippen LogP contribution in [-0.2, 0) is 16.1 Å². The molecular formula is C23H26ClFN4O2S. The summed E-state index contributed by atoms with van der Waals surface area (Å²) in [7, 11) is 1.66. The van der Waals surface area contributed by atoms with E-state index in [0.29, 0.717) is 29.2 Å². The summed E-state index contributed by atoms with van der Waals surface area (Å²) in [5.41, 5.74) is 1.62. The van der Waals surface area contributed by atoms with E-state index in [4.69, 9.17) is 16.3 Å². The highest BCUT2D eigenvalue weighted by atomic mass is 35.5. The van der Waals surface area contributed by atoms with Crippen LogP contribution in [0.2, 0.25) is 5.02 Å². The van der Waals surface area contributed by atoms with Crippen molar-refractivity contribution in [3.8, 4) is 11.4 Å². The number of aromatic nitrogens is 3. The summed E-state index contributed by atoms with van der Waals surface area (Å²) in [6.07, 6.45) is 0.766. The fourth-order valence-electron chi connectivity index (χ4n) is 3.16. The number of hydrogen-bond donors (Lipinski definition) is 1. The fraction of sp³-hybridized carbons (Fsp3) is 0.348. The average molecular weight is 477 g/mol. The zero-order valence-corrected chi connectivity index (χ0v) is 19.8. The molecule has 0 saturated heterocycles. The number of halogens is 2. The molecule has 6 nitrogen and oxygen atoms in total. The standard InChI is InChI=1S/C23H26ClFN4O2S/c1-15(17-9-11-18(25)12-10-17)26-22(30)16(2)32-23-28-27-21(29(23)13-6-14-31-3)19-7-4-5-8-20(19)24/h4-5,7-12,15-16H,6,13-14H2,1-3H3,(H,26,30). The second-order valence-electron chi connectivity index (χ2n) is 7.33. The van der Waals surface area contributed by atoms with Crippen LogP contribution in [0.3, 0.4) is 0 Å². The predicted molar refractivity (Wildman–Crippen MR) is 125 cm³/mol. The number of amides is 1. The van der Waals surface area contributed by atoms with Gasteiger partial charge in [-0.3, -0.25) is 4.79 Å². The SMILES string of the molecule is COCCCn1c(SC(C)C(=O)NC(C)c2ccc(F)cc2)nnc1-c1ccccc1Cl. The van der Waals surface area contributed by atoms with Gasteiger partial charge in [0.2, 0.25) is 5.91 Å². The largest absolute Gasteiger partial charge is 0.385 e. The fourth-order valence-corrected chi connectivity index (χ4v) is 4.27. The Morgan fingerprint density at radius 1 is 1.19 bits per heavy atom. The van der Waals surface area contributed by atoms with E-state index in [-0.39, 0.29) is 17.8 Å². The van der Waals surface area contributed by atoms with Gasteiger partial charge in [0.05, 0.1) is 16.3 Å². The summed E-state index contributed by atoms with van der Waals surface area (Å²) in [5.74, 6) is 0.206. The van der Waals surface area contributed by atoms with E-state index < -0.39 is 5.25 Å². The molecule has 0 bridgehead atoms. The van der Waals surface area contributed by atoms with Crippen molar-refractivity contribution in [2.75, 3.05) is 13.7 Å². The van der Waals surface area contributed by atoms with Gasteiger partial charge < -0.3 is 14.6 Å². The Balaban J connectivity index is 1.75. The Hall–Kier alpha value is -2.42. The van der Waals surface area contributed by atoms with Gasteiger partial charge in [-0.25, -0.2) is 4.39 Å². The van der Waals surface area contributed by atoms with Crippen LogP contribution in [0.4, 0.5) is 4.39 Å². The van der Waals surface area contributed by atoms with Crippen LogP contribution in [-0.4, -0.2) is 39.6 Å². The van der Waals surface area contributed by atoms with E-state index in [2.05, 4.69) is 15.5 Å². The number of ether oxygens (including phenoxy) is 1. The van der Waals surface area contributed by atoms with Gasteiger partial charge >= 0.3 is 0 Å². The van der Waals surface area contributed by atoms with Crippen molar-refractivity contribution in [3.05, 3.63) is 64.9 Å². The van der Waals surface area contributed by atoms with Crippen LogP contribution < -0.4 is 5.32 Å². The first-order valence-electron chi connectivity index (χ1n) is 10.3. The Morgan fingerprint density at radius 3 is 2.59 bits per heavy atom. The molecule has 0 radical (unpaired) electrons. The first kappa shape index (κ1) is 24.2. The number of nitrogens with one attached hydrogen (secondary N) is 1. The molecule has 0 aliphatic carbocycles. The molecule has 1 N–H and O–H groups in total. The van der Waals surface area contributed by atoms with Crippen LogP contribution >= 0.6 is 23.4 Å². The van der Waals surface area contributed by atoms with Crippen molar-refractivity contribution in [2.24, 2.45) is 0 Å². The first-order chi connectivity index (χ1) is 15.4. The lowest BCUT2D eigenvalue weighted by Gasteiger charge is -2.18. The van der Waals surface area contributed by atoms with Gasteiger partial charge in [-0.1, -0.05) is 47.6 Å². The second-order valence-corrected chi connectivity index (χ2v) is 9.04. The molecule has 0 aliphatic rings. The van der Waals surface area contributed by atoms with Gasteiger partial charge in [0.25, 0.3) is 0 Å². The molecule has 1 aromatic heterocycles. The van der Waals surface area contributed by atoms with Crippen LogP contribution in [0, 0.1) is 5.82 Å². The maximum atomic E-state index is 13.2. The Labute approximate surface area is 196 Å². The van der Waals surface area contributed by atoms with Crippen LogP contribution in [0.25, 0.3) is 11.4 Å². The van der Waals surface area contributed by atoms with Crippen LogP contribution in [0.1, 0.15) is 31.9 Å². The molecule has 3 aromatic rings. The molecule has 0 saturated carbocycles. The molecule has 1 amide bonds. The van der Waals surface area contributed by atoms with Crippen molar-refractivity contribution in [1.82, 2.24) is 20.1 Å². The lowest BCUT2D eigenvalue weighted by molar-refractivity contribution is -0.120. The van der Waals surface area contributed by atoms with E-state index in [0.717, 1.165) is 17.5 Å². The summed E-state index contributed by atoms with van der Waals surface area (Å²) >= 11 is 7.71. The number of carbonyl (C=O) groups excluding carboxylic acids is 1. The maximum Gasteiger partial charge on any atom is 0.233 e. The first-order valence-corrected chi connectivity index (χ1v) is 11.6. The number of thioether (sulfide) groups is 1. The smallest absolute Gasteiger partial charge is 0.233 e. The molecule has 0 fully saturated rings. The molecule has 32 heavy (non-hydrogen) atoms. The number of hydrogen-bond acceptors (Lipinski definition) is 5. The van der Waals surface area contributed by atoms with Crippen LogP contribution in [0.5, 0.6) is 0 Å². The minimum atomic E-state index is -0.414. The Bertz CT molecular complexity index is 1040. The van der Waals surface area contributed by atoms with E-state index in [1.54, 1.807) is 19.2 Å². The highest BCUT2D eigenvalue weighted by molar-refractivity contribution is 8.00. The van der Waals surface area contributed by atoms with E-state index >= 15 is 0 Å². The molecule has 2 atom stereocenters. The Morgan fingerprint density at radius 2 is 1.91 bits per heavy atom. The van der Waals surface area contributed by atoms with Crippen molar-refractivity contribution in [3.63, 3.8) is 0 Å². The Kier molecular flexibility index (Phi) is 8.67. The lowest BCUT2D eigenvalue weighted by atomic mass is 10.1. The van der Waals surface area contributed by atoms with E-state index in [1.165, 1.54) is 23.9 Å². The van der Waals surface area contributed by atoms with E-state index in [1.807, 2.05) is 42.7 Å². The maximum absolute atomic E-state index is 13.2. The third kappa shape index (κ3) is 6.09. The molecule has 0 spiro atoms. The minimum Gasteiger partial charge on any atom is -0.385 e. The number of methoxy groups -OCH3 is 1. The van der Waals surface area contributed by atoms with Gasteiger partial charge in [-0.15, -0.1) is 10.2 Å². The van der Waals surface area contributed by atoms with Crippen molar-refractivity contribution >= 4 is 29.3 Å². The van der Waals surface area contributed by atoms with Gasteiger partial charge in [0.15, 0.2) is 11.0 Å². The molecule has 0 aliphatic heterocycles. The number of rotatable bonds is 10. The molecule has 9 heteroatoms. The summed E-state index contributed by atoms with van der Waals surface area (Å²) in [4.78, 5) is 12.8. The van der Waals surface area contributed by atoms with Crippen LogP contribution in [0.15, 0.2) is 53.7 Å². The normalized spacial score (nSPS) is 13.0. The molecule has 2 aromatic carbocycles. The van der Waals surface area contributed by atoms with Crippen molar-refractivity contribution in [1.29, 1.82) is 0 Å². The lowest BCUT2D eigenvalue weighted by Crippen LogP contribution is -2.33. The highest BCUT2D eigenvalue weighted by Crippen LogP contribution is 2.31. The van der Waals surface area contributed by atoms with Gasteiger partial charge in [0.1, 0.15) is 5.82 Å². The third-order valence-electron chi connectivity index (χ3n) is 4.94. The molecule has 1 heterocycles. The van der Waals surface area contributed by atoms with Gasteiger partial charge in [-0.05, 0) is 50.1 Å². The minimum absolute atomic E-state index is 0.141. The quantitative estimate of drug-likeness (QED) is 0.324. The number of benzene rings is 2. The van der Waals surface area contributed by atoms with E-state index in [9.17, 15) is 9.18 Å².